The molecule has 10 heteroatoms. The van der Waals surface area contributed by atoms with Crippen LogP contribution in [0.5, 0.6) is 5.75 Å². The number of piperazine rings is 1. The molecule has 1 aliphatic heterocycles. The second kappa shape index (κ2) is 7.80. The normalized spacial score (nSPS) is 15.4. The quantitative estimate of drug-likeness (QED) is 0.624. The van der Waals surface area contributed by atoms with E-state index in [2.05, 4.69) is 19.9 Å². The van der Waals surface area contributed by atoms with Gasteiger partial charge in [-0.1, -0.05) is 12.1 Å². The summed E-state index contributed by atoms with van der Waals surface area (Å²) in [5.74, 6) is 2.51. The van der Waals surface area contributed by atoms with Crippen molar-refractivity contribution in [2.24, 2.45) is 0 Å². The molecule has 1 aliphatic rings. The number of aryl methyl sites for hydroxylation is 1. The van der Waals surface area contributed by atoms with Gasteiger partial charge < -0.3 is 9.64 Å². The SMILES string of the molecule is COc1ccccc1S(=O)(=O)N1CCN(c2cc(-n3ccnc3)nc(C)n2)CC1. The van der Waals surface area contributed by atoms with E-state index in [4.69, 9.17) is 4.74 Å². The fraction of sp³-hybridized carbons (Fsp3) is 0.316. The van der Waals surface area contributed by atoms with Crippen LogP contribution >= 0.6 is 0 Å². The summed E-state index contributed by atoms with van der Waals surface area (Å²) in [5.41, 5.74) is 0. The van der Waals surface area contributed by atoms with Crippen LogP contribution < -0.4 is 9.64 Å². The summed E-state index contributed by atoms with van der Waals surface area (Å²) in [7, 11) is -2.15. The Morgan fingerprint density at radius 2 is 1.76 bits per heavy atom. The van der Waals surface area contributed by atoms with Gasteiger partial charge >= 0.3 is 0 Å². The Bertz CT molecular complexity index is 1090. The van der Waals surface area contributed by atoms with Crippen LogP contribution in [-0.4, -0.2) is 65.5 Å². The minimum Gasteiger partial charge on any atom is -0.495 e. The first-order chi connectivity index (χ1) is 14.0. The molecular weight excluding hydrogens is 392 g/mol. The zero-order valence-electron chi connectivity index (χ0n) is 16.3. The maximum absolute atomic E-state index is 13.1. The largest absolute Gasteiger partial charge is 0.495 e. The molecule has 3 aromatic rings. The monoisotopic (exact) mass is 414 g/mol. The summed E-state index contributed by atoms with van der Waals surface area (Å²) in [4.78, 5) is 15.3. The van der Waals surface area contributed by atoms with Gasteiger partial charge in [0, 0.05) is 44.6 Å². The highest BCUT2D eigenvalue weighted by Crippen LogP contribution is 2.27. The standard InChI is InChI=1S/C19H22N6O3S/c1-15-21-18(13-19(22-15)24-8-7-20-14-24)23-9-11-25(12-10-23)29(26,27)17-6-4-3-5-16(17)28-2/h3-8,13-14H,9-12H2,1-2H3. The summed E-state index contributed by atoms with van der Waals surface area (Å²) < 4.78 is 34.7. The van der Waals surface area contributed by atoms with Gasteiger partial charge in [-0.2, -0.15) is 4.31 Å². The molecule has 0 N–H and O–H groups in total. The Hall–Kier alpha value is -2.98. The van der Waals surface area contributed by atoms with E-state index in [1.807, 2.05) is 23.8 Å². The van der Waals surface area contributed by atoms with Crippen LogP contribution in [-0.2, 0) is 10.0 Å². The van der Waals surface area contributed by atoms with Gasteiger partial charge in [-0.05, 0) is 19.1 Å². The molecule has 0 bridgehead atoms. The van der Waals surface area contributed by atoms with Crippen molar-refractivity contribution in [2.45, 2.75) is 11.8 Å². The zero-order valence-corrected chi connectivity index (χ0v) is 17.1. The second-order valence-corrected chi connectivity index (χ2v) is 8.55. The third-order valence-electron chi connectivity index (χ3n) is 4.83. The first kappa shape index (κ1) is 19.3. The molecule has 0 aliphatic carbocycles. The van der Waals surface area contributed by atoms with E-state index in [1.54, 1.807) is 36.8 Å². The van der Waals surface area contributed by atoms with Gasteiger partial charge in [0.05, 0.1) is 7.11 Å². The second-order valence-electron chi connectivity index (χ2n) is 6.64. The average Bonchev–Trinajstić information content (AvgIpc) is 3.28. The van der Waals surface area contributed by atoms with Gasteiger partial charge in [0.15, 0.2) is 0 Å². The van der Waals surface area contributed by atoms with Crippen molar-refractivity contribution in [1.29, 1.82) is 0 Å². The summed E-state index contributed by atoms with van der Waals surface area (Å²) >= 11 is 0. The minimum absolute atomic E-state index is 0.191. The van der Waals surface area contributed by atoms with E-state index in [9.17, 15) is 8.42 Å². The van der Waals surface area contributed by atoms with E-state index in [1.165, 1.54) is 11.4 Å². The van der Waals surface area contributed by atoms with Crippen LogP contribution in [0.2, 0.25) is 0 Å². The number of sulfonamides is 1. The third-order valence-corrected chi connectivity index (χ3v) is 6.77. The van der Waals surface area contributed by atoms with Crippen molar-refractivity contribution >= 4 is 15.8 Å². The molecule has 0 amide bonds. The molecule has 1 fully saturated rings. The fourth-order valence-electron chi connectivity index (χ4n) is 3.35. The lowest BCUT2D eigenvalue weighted by molar-refractivity contribution is 0.373. The molecule has 0 radical (unpaired) electrons. The van der Waals surface area contributed by atoms with E-state index >= 15 is 0 Å². The molecule has 152 valence electrons. The Morgan fingerprint density at radius 3 is 2.45 bits per heavy atom. The maximum atomic E-state index is 13.1. The van der Waals surface area contributed by atoms with Gasteiger partial charge in [-0.15, -0.1) is 0 Å². The predicted molar refractivity (Wildman–Crippen MR) is 108 cm³/mol. The Labute approximate surface area is 169 Å². The molecule has 1 saturated heterocycles. The molecular formula is C19H22N6O3S. The number of benzene rings is 1. The first-order valence-electron chi connectivity index (χ1n) is 9.21. The number of nitrogens with zero attached hydrogens (tertiary/aromatic N) is 6. The maximum Gasteiger partial charge on any atom is 0.246 e. The summed E-state index contributed by atoms with van der Waals surface area (Å²) in [5, 5.41) is 0. The summed E-state index contributed by atoms with van der Waals surface area (Å²) in [6.45, 7) is 3.64. The van der Waals surface area contributed by atoms with Crippen molar-refractivity contribution in [2.75, 3.05) is 38.2 Å². The molecule has 0 atom stereocenters. The fourth-order valence-corrected chi connectivity index (χ4v) is 4.93. The lowest BCUT2D eigenvalue weighted by Gasteiger charge is -2.35. The van der Waals surface area contributed by atoms with Gasteiger partial charge in [0.2, 0.25) is 10.0 Å². The van der Waals surface area contributed by atoms with Crippen molar-refractivity contribution < 1.29 is 13.2 Å². The van der Waals surface area contributed by atoms with E-state index in [0.717, 1.165) is 11.6 Å². The van der Waals surface area contributed by atoms with Crippen LogP contribution in [0.15, 0.2) is 53.9 Å². The number of hydrogen-bond acceptors (Lipinski definition) is 7. The van der Waals surface area contributed by atoms with Crippen molar-refractivity contribution in [1.82, 2.24) is 23.8 Å². The number of para-hydroxylation sites is 1. The van der Waals surface area contributed by atoms with Crippen LogP contribution in [0.3, 0.4) is 0 Å². The molecule has 2 aromatic heterocycles. The molecule has 29 heavy (non-hydrogen) atoms. The van der Waals surface area contributed by atoms with Crippen molar-refractivity contribution in [3.8, 4) is 11.6 Å². The highest BCUT2D eigenvalue weighted by molar-refractivity contribution is 7.89. The molecule has 4 rings (SSSR count). The summed E-state index contributed by atoms with van der Waals surface area (Å²) in [6.07, 6.45) is 5.20. The molecule has 9 nitrogen and oxygen atoms in total. The van der Waals surface area contributed by atoms with Gasteiger partial charge in [-0.3, -0.25) is 4.57 Å². The highest BCUT2D eigenvalue weighted by Gasteiger charge is 2.31. The molecule has 1 aromatic carbocycles. The number of imidazole rings is 1. The third kappa shape index (κ3) is 3.81. The molecule has 0 unspecified atom stereocenters. The van der Waals surface area contributed by atoms with Crippen LogP contribution in [0.4, 0.5) is 5.82 Å². The Morgan fingerprint density at radius 1 is 1.03 bits per heavy atom. The number of anilines is 1. The van der Waals surface area contributed by atoms with Crippen LogP contribution in [0.1, 0.15) is 5.82 Å². The van der Waals surface area contributed by atoms with Crippen molar-refractivity contribution in [3.63, 3.8) is 0 Å². The van der Waals surface area contributed by atoms with Gasteiger partial charge in [-0.25, -0.2) is 23.4 Å². The number of rotatable bonds is 5. The number of ether oxygens (including phenoxy) is 1. The average molecular weight is 414 g/mol. The Kier molecular flexibility index (Phi) is 5.20. The number of aromatic nitrogens is 4. The minimum atomic E-state index is -3.63. The zero-order chi connectivity index (χ0) is 20.4. The van der Waals surface area contributed by atoms with Crippen LogP contribution in [0, 0.1) is 6.92 Å². The van der Waals surface area contributed by atoms with E-state index in [-0.39, 0.29) is 4.90 Å². The van der Waals surface area contributed by atoms with E-state index in [0.29, 0.717) is 37.8 Å². The molecule has 0 spiro atoms. The first-order valence-corrected chi connectivity index (χ1v) is 10.6. The lowest BCUT2D eigenvalue weighted by atomic mass is 10.3. The van der Waals surface area contributed by atoms with Gasteiger partial charge in [0.1, 0.15) is 34.4 Å². The molecule has 3 heterocycles. The lowest BCUT2D eigenvalue weighted by Crippen LogP contribution is -2.49. The number of methoxy groups -OCH3 is 1. The predicted octanol–water partition coefficient (Wildman–Crippen LogP) is 1.49. The highest BCUT2D eigenvalue weighted by atomic mass is 32.2. The molecule has 0 saturated carbocycles. The smallest absolute Gasteiger partial charge is 0.246 e. The topological polar surface area (TPSA) is 93.5 Å². The van der Waals surface area contributed by atoms with Crippen LogP contribution in [0.25, 0.3) is 5.82 Å². The Balaban J connectivity index is 1.53. The van der Waals surface area contributed by atoms with Crippen molar-refractivity contribution in [3.05, 3.63) is 54.9 Å². The van der Waals surface area contributed by atoms with E-state index < -0.39 is 10.0 Å². The van der Waals surface area contributed by atoms with Gasteiger partial charge in [0.25, 0.3) is 0 Å². The number of hydrogen-bond donors (Lipinski definition) is 0. The summed E-state index contributed by atoms with van der Waals surface area (Å²) in [6, 6.07) is 8.58.